The van der Waals surface area contributed by atoms with Gasteiger partial charge in [0.1, 0.15) is 13.2 Å². The number of fused-ring (bicyclic) bond motifs is 1. The molecule has 0 radical (unpaired) electrons. The first-order valence-electron chi connectivity index (χ1n) is 9.97. The minimum atomic E-state index is -0.322. The number of benzene rings is 1. The number of aliphatic imine (C=N–C) groups is 1. The molecule has 1 aliphatic heterocycles. The molecule has 0 unspecified atom stereocenters. The molecule has 1 N–H and O–H groups in total. The largest absolute Gasteiger partial charge is 0.486 e. The lowest BCUT2D eigenvalue weighted by molar-refractivity contribution is -0.138. The number of hydrogen-bond donors (Lipinski definition) is 1. The van der Waals surface area contributed by atoms with Crippen LogP contribution in [-0.2, 0) is 11.3 Å². The Balaban J connectivity index is 1.64. The highest BCUT2D eigenvalue weighted by molar-refractivity contribution is 5.85. The molecule has 1 amide bonds. The Morgan fingerprint density at radius 2 is 1.82 bits per heavy atom. The number of hydrogen-bond acceptors (Lipinski definition) is 4. The molecule has 0 saturated heterocycles. The van der Waals surface area contributed by atoms with Gasteiger partial charge in [-0.2, -0.15) is 0 Å². The van der Waals surface area contributed by atoms with Crippen molar-refractivity contribution in [3.63, 3.8) is 0 Å². The van der Waals surface area contributed by atoms with Crippen LogP contribution < -0.4 is 14.8 Å². The molecule has 1 aromatic rings. The highest BCUT2D eigenvalue weighted by atomic mass is 16.6. The smallest absolute Gasteiger partial charge is 0.230 e. The van der Waals surface area contributed by atoms with Crippen molar-refractivity contribution in [1.29, 1.82) is 0 Å². The molecule has 0 spiro atoms. The maximum Gasteiger partial charge on any atom is 0.230 e. The second kappa shape index (κ2) is 8.71. The Hall–Kier alpha value is -2.44. The topological polar surface area (TPSA) is 66.4 Å². The van der Waals surface area contributed by atoms with Gasteiger partial charge in [0.15, 0.2) is 17.5 Å². The monoisotopic (exact) mass is 388 g/mol. The Bertz CT molecular complexity index is 726. The number of nitrogens with zero attached hydrogens (tertiary/aromatic N) is 3. The van der Waals surface area contributed by atoms with E-state index in [0.29, 0.717) is 26.3 Å². The van der Waals surface area contributed by atoms with Crippen molar-refractivity contribution >= 4 is 11.9 Å². The van der Waals surface area contributed by atoms with Crippen LogP contribution in [0.3, 0.4) is 0 Å². The third kappa shape index (κ3) is 4.34. The standard InChI is InChI=1S/C21H32N4O3/c1-22-20(23-15-21(9-5-6-10-21)19(26)24(2)3)25(4)14-16-7-8-17-18(13-16)28-12-11-27-17/h7-8,13H,5-6,9-12,14-15H2,1-4H3,(H,22,23). The predicted octanol–water partition coefficient (Wildman–Crippen LogP) is 2.11. The maximum atomic E-state index is 12.8. The number of ether oxygens (including phenoxy) is 2. The summed E-state index contributed by atoms with van der Waals surface area (Å²) in [5.74, 6) is 2.59. The van der Waals surface area contributed by atoms with E-state index >= 15 is 0 Å². The van der Waals surface area contributed by atoms with Crippen molar-refractivity contribution < 1.29 is 14.3 Å². The van der Waals surface area contributed by atoms with Crippen molar-refractivity contribution in [3.05, 3.63) is 23.8 Å². The second-order valence-corrected chi connectivity index (χ2v) is 7.92. The van der Waals surface area contributed by atoms with Gasteiger partial charge in [-0.3, -0.25) is 9.79 Å². The van der Waals surface area contributed by atoms with Gasteiger partial charge in [-0.15, -0.1) is 0 Å². The molecule has 1 fully saturated rings. The zero-order valence-corrected chi connectivity index (χ0v) is 17.5. The van der Waals surface area contributed by atoms with Gasteiger partial charge in [0, 0.05) is 41.3 Å². The number of guanidine groups is 1. The van der Waals surface area contributed by atoms with Gasteiger partial charge in [0.05, 0.1) is 5.41 Å². The fraction of sp³-hybridized carbons (Fsp3) is 0.619. The molecule has 7 heteroatoms. The van der Waals surface area contributed by atoms with Crippen LogP contribution in [0.25, 0.3) is 0 Å². The summed E-state index contributed by atoms with van der Waals surface area (Å²) in [7, 11) is 7.45. The van der Waals surface area contributed by atoms with Crippen LogP contribution >= 0.6 is 0 Å². The highest BCUT2D eigenvalue weighted by Gasteiger charge is 2.42. The van der Waals surface area contributed by atoms with Crippen molar-refractivity contribution in [2.45, 2.75) is 32.2 Å². The molecule has 154 valence electrons. The molecule has 1 heterocycles. The zero-order chi connectivity index (χ0) is 20.1. The lowest BCUT2D eigenvalue weighted by Gasteiger charge is -2.32. The van der Waals surface area contributed by atoms with Crippen LogP contribution in [0.15, 0.2) is 23.2 Å². The molecular formula is C21H32N4O3. The summed E-state index contributed by atoms with van der Waals surface area (Å²) in [5, 5.41) is 3.44. The van der Waals surface area contributed by atoms with E-state index in [-0.39, 0.29) is 11.3 Å². The first-order chi connectivity index (χ1) is 13.4. The summed E-state index contributed by atoms with van der Waals surface area (Å²) in [6.07, 6.45) is 4.07. The Labute approximate surface area is 167 Å². The SMILES string of the molecule is CN=C(NCC1(C(=O)N(C)C)CCCC1)N(C)Cc1ccc2c(c1)OCCO2. The van der Waals surface area contributed by atoms with Crippen LogP contribution in [-0.4, -0.2) is 69.6 Å². The van der Waals surface area contributed by atoms with E-state index in [1.807, 2.05) is 39.3 Å². The Morgan fingerprint density at radius 1 is 1.14 bits per heavy atom. The van der Waals surface area contributed by atoms with Crippen molar-refractivity contribution in [2.24, 2.45) is 10.4 Å². The Morgan fingerprint density at radius 3 is 2.46 bits per heavy atom. The molecule has 3 rings (SSSR count). The van der Waals surface area contributed by atoms with E-state index in [0.717, 1.165) is 48.7 Å². The van der Waals surface area contributed by atoms with Crippen LogP contribution in [0.4, 0.5) is 0 Å². The fourth-order valence-corrected chi connectivity index (χ4v) is 4.16. The molecule has 0 atom stereocenters. The van der Waals surface area contributed by atoms with E-state index in [4.69, 9.17) is 9.47 Å². The van der Waals surface area contributed by atoms with Crippen molar-refractivity contribution in [2.75, 3.05) is 47.9 Å². The van der Waals surface area contributed by atoms with Crippen molar-refractivity contribution in [3.8, 4) is 11.5 Å². The number of nitrogens with one attached hydrogen (secondary N) is 1. The van der Waals surface area contributed by atoms with Gasteiger partial charge in [-0.1, -0.05) is 18.9 Å². The van der Waals surface area contributed by atoms with Gasteiger partial charge in [0.2, 0.25) is 5.91 Å². The normalized spacial score (nSPS) is 17.9. The molecule has 28 heavy (non-hydrogen) atoms. The second-order valence-electron chi connectivity index (χ2n) is 7.92. The molecule has 0 aromatic heterocycles. The number of rotatable bonds is 5. The molecule has 1 saturated carbocycles. The summed E-state index contributed by atoms with van der Waals surface area (Å²) in [5.41, 5.74) is 0.798. The molecule has 2 aliphatic rings. The van der Waals surface area contributed by atoms with E-state index < -0.39 is 0 Å². The maximum absolute atomic E-state index is 12.8. The summed E-state index contributed by atoms with van der Waals surface area (Å²) >= 11 is 0. The number of carbonyl (C=O) groups excluding carboxylic acids is 1. The highest BCUT2D eigenvalue weighted by Crippen LogP contribution is 2.39. The minimum Gasteiger partial charge on any atom is -0.486 e. The van der Waals surface area contributed by atoms with Gasteiger partial charge < -0.3 is 24.6 Å². The third-order valence-corrected chi connectivity index (χ3v) is 5.61. The van der Waals surface area contributed by atoms with E-state index in [2.05, 4.69) is 15.2 Å². The van der Waals surface area contributed by atoms with Gasteiger partial charge >= 0.3 is 0 Å². The van der Waals surface area contributed by atoms with Gasteiger partial charge in [-0.05, 0) is 30.5 Å². The van der Waals surface area contributed by atoms with E-state index in [1.165, 1.54) is 0 Å². The molecule has 1 aliphatic carbocycles. The van der Waals surface area contributed by atoms with Gasteiger partial charge in [-0.25, -0.2) is 0 Å². The first-order valence-corrected chi connectivity index (χ1v) is 9.97. The molecule has 1 aromatic carbocycles. The number of amides is 1. The summed E-state index contributed by atoms with van der Waals surface area (Å²) < 4.78 is 11.3. The summed E-state index contributed by atoms with van der Waals surface area (Å²) in [4.78, 5) is 21.0. The van der Waals surface area contributed by atoms with E-state index in [1.54, 1.807) is 11.9 Å². The minimum absolute atomic E-state index is 0.211. The van der Waals surface area contributed by atoms with Crippen LogP contribution in [0, 0.1) is 5.41 Å². The zero-order valence-electron chi connectivity index (χ0n) is 17.5. The Kier molecular flexibility index (Phi) is 6.31. The van der Waals surface area contributed by atoms with Crippen molar-refractivity contribution in [1.82, 2.24) is 15.1 Å². The average Bonchev–Trinajstić information content (AvgIpc) is 3.17. The third-order valence-electron chi connectivity index (χ3n) is 5.61. The van der Waals surface area contributed by atoms with Gasteiger partial charge in [0.25, 0.3) is 0 Å². The molecular weight excluding hydrogens is 356 g/mol. The average molecular weight is 389 g/mol. The molecule has 0 bridgehead atoms. The fourth-order valence-electron chi connectivity index (χ4n) is 4.16. The lowest BCUT2D eigenvalue weighted by atomic mass is 9.84. The van der Waals surface area contributed by atoms with Crippen LogP contribution in [0.5, 0.6) is 11.5 Å². The predicted molar refractivity (Wildman–Crippen MR) is 110 cm³/mol. The first kappa shape index (κ1) is 20.3. The van der Waals surface area contributed by atoms with Crippen LogP contribution in [0.2, 0.25) is 0 Å². The van der Waals surface area contributed by atoms with Crippen LogP contribution in [0.1, 0.15) is 31.2 Å². The quantitative estimate of drug-likeness (QED) is 0.618. The number of carbonyl (C=O) groups is 1. The molecule has 7 nitrogen and oxygen atoms in total. The summed E-state index contributed by atoms with van der Waals surface area (Å²) in [6.45, 7) is 2.47. The lowest BCUT2D eigenvalue weighted by Crippen LogP contribution is -2.49. The summed E-state index contributed by atoms with van der Waals surface area (Å²) in [6, 6.07) is 6.02. The van der Waals surface area contributed by atoms with E-state index in [9.17, 15) is 4.79 Å².